The van der Waals surface area contributed by atoms with Crippen LogP contribution in [0, 0.1) is 6.92 Å². The van der Waals surface area contributed by atoms with E-state index in [-0.39, 0.29) is 0 Å². The second-order valence-electron chi connectivity index (χ2n) is 6.05. The molecular weight excluding hydrogens is 284 g/mol. The lowest BCUT2D eigenvalue weighted by molar-refractivity contribution is 0.419. The van der Waals surface area contributed by atoms with Gasteiger partial charge >= 0.3 is 0 Å². The minimum Gasteiger partial charge on any atom is -0.456 e. The molecule has 0 amide bonds. The summed E-state index contributed by atoms with van der Waals surface area (Å²) in [6.45, 7) is 3.79. The van der Waals surface area contributed by atoms with Crippen LogP contribution in [-0.2, 0) is 0 Å². The Labute approximate surface area is 136 Å². The van der Waals surface area contributed by atoms with Gasteiger partial charge in [0.05, 0.1) is 11.9 Å². The molecule has 0 spiro atoms. The smallest absolute Gasteiger partial charge is 0.136 e. The Balaban J connectivity index is 2.16. The topological polar surface area (TPSA) is 28.7 Å². The zero-order chi connectivity index (χ0) is 16.2. The summed E-state index contributed by atoms with van der Waals surface area (Å²) in [5, 5.41) is 2.07. The Morgan fingerprint density at radius 2 is 1.78 bits per heavy atom. The van der Waals surface area contributed by atoms with Crippen LogP contribution in [0.25, 0.3) is 22.3 Å². The zero-order valence-corrected chi connectivity index (χ0v) is 13.9. The van der Waals surface area contributed by atoms with Crippen LogP contribution in [-0.4, -0.2) is 32.1 Å². The molecule has 0 atom stereocenters. The molecule has 0 bridgehead atoms. The van der Waals surface area contributed by atoms with E-state index in [0.717, 1.165) is 40.7 Å². The van der Waals surface area contributed by atoms with Gasteiger partial charge in [-0.05, 0) is 33.2 Å². The molecule has 0 N–H and O–H groups in total. The molecule has 3 nitrogen and oxygen atoms in total. The number of hydrogen-bond donors (Lipinski definition) is 0. The summed E-state index contributed by atoms with van der Waals surface area (Å²) in [5.41, 5.74) is 3.16. The van der Waals surface area contributed by atoms with Crippen LogP contribution in [0.15, 0.2) is 64.0 Å². The molecule has 0 radical (unpaired) electrons. The fraction of sp³-hybridized carbons (Fsp3) is 0.250. The van der Waals surface area contributed by atoms with Gasteiger partial charge in [0.2, 0.25) is 0 Å². The van der Waals surface area contributed by atoms with Crippen LogP contribution in [0.2, 0.25) is 0 Å². The predicted molar refractivity (Wildman–Crippen MR) is 95.4 cm³/mol. The van der Waals surface area contributed by atoms with E-state index in [2.05, 4.69) is 50.2 Å². The fourth-order valence-electron chi connectivity index (χ4n) is 2.53. The maximum absolute atomic E-state index is 6.10. The van der Waals surface area contributed by atoms with E-state index in [1.54, 1.807) is 0 Å². The van der Waals surface area contributed by atoms with Crippen LogP contribution >= 0.6 is 0 Å². The maximum atomic E-state index is 6.10. The summed E-state index contributed by atoms with van der Waals surface area (Å²) in [5.74, 6) is 0.852. The first kappa shape index (κ1) is 15.5. The number of hydrogen-bond acceptors (Lipinski definition) is 3. The highest BCUT2D eigenvalue weighted by Crippen LogP contribution is 2.22. The van der Waals surface area contributed by atoms with Crippen molar-refractivity contribution in [1.29, 1.82) is 0 Å². The molecule has 0 fully saturated rings. The summed E-state index contributed by atoms with van der Waals surface area (Å²) in [6.07, 6.45) is 0. The molecule has 0 aliphatic heterocycles. The van der Waals surface area contributed by atoms with Crippen LogP contribution in [0.4, 0.5) is 0 Å². The Morgan fingerprint density at radius 3 is 2.52 bits per heavy atom. The lowest BCUT2D eigenvalue weighted by Crippen LogP contribution is -2.17. The van der Waals surface area contributed by atoms with Gasteiger partial charge in [-0.3, -0.25) is 4.99 Å². The number of benzene rings is 2. The number of aryl methyl sites for hydroxylation is 1. The predicted octanol–water partition coefficient (Wildman–Crippen LogP) is 3.87. The van der Waals surface area contributed by atoms with Crippen molar-refractivity contribution in [1.82, 2.24) is 4.90 Å². The van der Waals surface area contributed by atoms with E-state index in [1.807, 2.05) is 30.3 Å². The van der Waals surface area contributed by atoms with Gasteiger partial charge in [-0.2, -0.15) is 0 Å². The summed E-state index contributed by atoms with van der Waals surface area (Å²) >= 11 is 0. The van der Waals surface area contributed by atoms with Crippen molar-refractivity contribution in [3.8, 4) is 11.3 Å². The standard InChI is InChI=1S/C20H22N2O/c1-15-9-10-19-17(13-15)18(21-11-12-22(2)3)14-20(23-19)16-7-5-4-6-8-16/h4-10,13-14H,11-12H2,1-3H3. The van der Waals surface area contributed by atoms with E-state index in [1.165, 1.54) is 5.56 Å². The number of likely N-dealkylation sites (N-methyl/N-ethyl adjacent to an activating group) is 1. The molecule has 1 heterocycles. The molecule has 23 heavy (non-hydrogen) atoms. The maximum Gasteiger partial charge on any atom is 0.136 e. The lowest BCUT2D eigenvalue weighted by Gasteiger charge is -2.08. The third-order valence-electron chi connectivity index (χ3n) is 3.79. The van der Waals surface area contributed by atoms with Crippen LogP contribution in [0.5, 0.6) is 0 Å². The van der Waals surface area contributed by atoms with Gasteiger partial charge in [-0.15, -0.1) is 0 Å². The van der Waals surface area contributed by atoms with Crippen molar-refractivity contribution in [2.45, 2.75) is 6.92 Å². The Hall–Kier alpha value is -2.39. The zero-order valence-electron chi connectivity index (χ0n) is 13.9. The molecular formula is C20H22N2O. The van der Waals surface area contributed by atoms with Crippen molar-refractivity contribution in [3.05, 3.63) is 65.5 Å². The van der Waals surface area contributed by atoms with Crippen LogP contribution < -0.4 is 5.36 Å². The summed E-state index contributed by atoms with van der Waals surface area (Å²) in [7, 11) is 4.13. The highest BCUT2D eigenvalue weighted by atomic mass is 16.3. The fourth-order valence-corrected chi connectivity index (χ4v) is 2.53. The molecule has 0 saturated heterocycles. The molecule has 3 heteroatoms. The quantitative estimate of drug-likeness (QED) is 0.732. The Kier molecular flexibility index (Phi) is 4.58. The minimum atomic E-state index is 0.772. The van der Waals surface area contributed by atoms with Crippen molar-refractivity contribution in [3.63, 3.8) is 0 Å². The molecule has 0 aliphatic carbocycles. The molecule has 3 aromatic rings. The number of fused-ring (bicyclic) bond motifs is 1. The third-order valence-corrected chi connectivity index (χ3v) is 3.79. The first-order chi connectivity index (χ1) is 11.1. The normalized spacial score (nSPS) is 12.3. The molecule has 0 saturated carbocycles. The van der Waals surface area contributed by atoms with E-state index >= 15 is 0 Å². The highest BCUT2D eigenvalue weighted by molar-refractivity contribution is 5.79. The van der Waals surface area contributed by atoms with Gasteiger partial charge in [-0.1, -0.05) is 42.0 Å². The average Bonchev–Trinajstić information content (AvgIpc) is 2.55. The monoisotopic (exact) mass is 306 g/mol. The number of nitrogens with zero attached hydrogens (tertiary/aromatic N) is 2. The molecule has 1 aromatic heterocycles. The molecule has 0 aliphatic rings. The van der Waals surface area contributed by atoms with Gasteiger partial charge in [-0.25, -0.2) is 0 Å². The Morgan fingerprint density at radius 1 is 1.00 bits per heavy atom. The SMILES string of the molecule is Cc1ccc2oc(-c3ccccc3)cc(=NCCN(C)C)c2c1. The van der Waals surface area contributed by atoms with Gasteiger partial charge in [0.15, 0.2) is 0 Å². The van der Waals surface area contributed by atoms with Gasteiger partial charge in [0.25, 0.3) is 0 Å². The van der Waals surface area contributed by atoms with Crippen molar-refractivity contribution >= 4 is 11.0 Å². The van der Waals surface area contributed by atoms with Crippen molar-refractivity contribution in [2.24, 2.45) is 4.99 Å². The van der Waals surface area contributed by atoms with E-state index in [4.69, 9.17) is 9.41 Å². The second kappa shape index (κ2) is 6.80. The highest BCUT2D eigenvalue weighted by Gasteiger charge is 2.06. The van der Waals surface area contributed by atoms with E-state index in [0.29, 0.717) is 0 Å². The molecule has 3 rings (SSSR count). The molecule has 0 unspecified atom stereocenters. The Bertz CT molecular complexity index is 864. The third kappa shape index (κ3) is 3.69. The lowest BCUT2D eigenvalue weighted by atomic mass is 10.1. The summed E-state index contributed by atoms with van der Waals surface area (Å²) in [4.78, 5) is 6.94. The van der Waals surface area contributed by atoms with Crippen LogP contribution in [0.1, 0.15) is 5.56 Å². The van der Waals surface area contributed by atoms with Crippen molar-refractivity contribution < 1.29 is 4.42 Å². The van der Waals surface area contributed by atoms with Gasteiger partial charge in [0, 0.05) is 23.6 Å². The molecule has 118 valence electrons. The first-order valence-electron chi connectivity index (χ1n) is 7.88. The first-order valence-corrected chi connectivity index (χ1v) is 7.88. The minimum absolute atomic E-state index is 0.772. The van der Waals surface area contributed by atoms with Crippen molar-refractivity contribution in [2.75, 3.05) is 27.2 Å². The summed E-state index contributed by atoms with van der Waals surface area (Å²) in [6, 6.07) is 18.5. The van der Waals surface area contributed by atoms with E-state index < -0.39 is 0 Å². The number of rotatable bonds is 4. The molecule has 2 aromatic carbocycles. The van der Waals surface area contributed by atoms with E-state index in [9.17, 15) is 0 Å². The van der Waals surface area contributed by atoms with Gasteiger partial charge in [0.1, 0.15) is 11.3 Å². The van der Waals surface area contributed by atoms with Crippen LogP contribution in [0.3, 0.4) is 0 Å². The summed E-state index contributed by atoms with van der Waals surface area (Å²) < 4.78 is 6.10. The van der Waals surface area contributed by atoms with Gasteiger partial charge < -0.3 is 9.32 Å². The largest absolute Gasteiger partial charge is 0.456 e. The average molecular weight is 306 g/mol. The second-order valence-corrected chi connectivity index (χ2v) is 6.05.